The molecule has 106 valence electrons. The Labute approximate surface area is 111 Å². The summed E-state index contributed by atoms with van der Waals surface area (Å²) in [5.74, 6) is 0.930. The minimum Gasteiger partial charge on any atom is -0.378 e. The predicted molar refractivity (Wildman–Crippen MR) is 73.3 cm³/mol. The summed E-state index contributed by atoms with van der Waals surface area (Å²) in [6.07, 6.45) is 6.61. The number of carbonyl (C=O) groups excluding carboxylic acids is 1. The van der Waals surface area contributed by atoms with Crippen LogP contribution in [0.15, 0.2) is 0 Å². The Morgan fingerprint density at radius 2 is 2.22 bits per heavy atom. The van der Waals surface area contributed by atoms with E-state index in [9.17, 15) is 4.79 Å². The van der Waals surface area contributed by atoms with Crippen LogP contribution < -0.4 is 5.73 Å². The van der Waals surface area contributed by atoms with Crippen LogP contribution in [-0.2, 0) is 9.53 Å². The van der Waals surface area contributed by atoms with E-state index in [4.69, 9.17) is 10.5 Å². The quantitative estimate of drug-likeness (QED) is 0.755. The molecule has 0 bridgehead atoms. The third-order valence-corrected chi connectivity index (χ3v) is 3.68. The zero-order valence-corrected chi connectivity index (χ0v) is 11.9. The maximum absolute atomic E-state index is 11.8. The predicted octanol–water partition coefficient (Wildman–Crippen LogP) is 1.78. The van der Waals surface area contributed by atoms with Gasteiger partial charge in [0.05, 0.1) is 19.1 Å². The molecule has 2 atom stereocenters. The van der Waals surface area contributed by atoms with Crippen molar-refractivity contribution in [3.63, 3.8) is 0 Å². The first kappa shape index (κ1) is 15.4. The summed E-state index contributed by atoms with van der Waals surface area (Å²) in [6, 6.07) is 0. The number of ether oxygens (including phenoxy) is 1. The van der Waals surface area contributed by atoms with Gasteiger partial charge in [-0.2, -0.15) is 0 Å². The lowest BCUT2D eigenvalue weighted by Gasteiger charge is -2.27. The normalized spacial score (nSPS) is 23.9. The van der Waals surface area contributed by atoms with E-state index in [2.05, 4.69) is 6.92 Å². The topological polar surface area (TPSA) is 55.6 Å². The summed E-state index contributed by atoms with van der Waals surface area (Å²) >= 11 is 0. The van der Waals surface area contributed by atoms with Crippen molar-refractivity contribution in [1.82, 2.24) is 4.90 Å². The molecular formula is C14H28N2O2. The fraction of sp³-hybridized carbons (Fsp3) is 0.929. The Morgan fingerprint density at radius 1 is 1.44 bits per heavy atom. The standard InChI is InChI=1S/C14H28N2O2/c1-12-5-3-6-13(11-12)18-10-7-14(17)16(2)9-4-8-15/h12-13H,3-11,15H2,1-2H3. The molecule has 0 aromatic rings. The first-order valence-electron chi connectivity index (χ1n) is 7.19. The van der Waals surface area contributed by atoms with Crippen molar-refractivity contribution < 1.29 is 9.53 Å². The Morgan fingerprint density at radius 3 is 2.89 bits per heavy atom. The van der Waals surface area contributed by atoms with Crippen LogP contribution >= 0.6 is 0 Å². The van der Waals surface area contributed by atoms with Gasteiger partial charge in [-0.25, -0.2) is 0 Å². The van der Waals surface area contributed by atoms with Gasteiger partial charge in [0.2, 0.25) is 5.91 Å². The minimum atomic E-state index is 0.160. The minimum absolute atomic E-state index is 0.160. The third-order valence-electron chi connectivity index (χ3n) is 3.68. The second-order valence-corrected chi connectivity index (χ2v) is 5.47. The van der Waals surface area contributed by atoms with E-state index in [1.807, 2.05) is 7.05 Å². The van der Waals surface area contributed by atoms with Gasteiger partial charge in [0.15, 0.2) is 0 Å². The number of nitrogens with two attached hydrogens (primary N) is 1. The van der Waals surface area contributed by atoms with Gasteiger partial charge >= 0.3 is 0 Å². The molecule has 18 heavy (non-hydrogen) atoms. The molecule has 0 heterocycles. The first-order valence-corrected chi connectivity index (χ1v) is 7.19. The highest BCUT2D eigenvalue weighted by Crippen LogP contribution is 2.25. The van der Waals surface area contributed by atoms with Gasteiger partial charge in [0.25, 0.3) is 0 Å². The Kier molecular flexibility index (Phi) is 7.28. The molecule has 2 N–H and O–H groups in total. The summed E-state index contributed by atoms with van der Waals surface area (Å²) in [6.45, 7) is 4.22. The van der Waals surface area contributed by atoms with Crippen LogP contribution in [0, 0.1) is 5.92 Å². The molecule has 1 aliphatic rings. The molecule has 1 amide bonds. The van der Waals surface area contributed by atoms with Crippen molar-refractivity contribution in [2.45, 2.75) is 51.6 Å². The lowest BCUT2D eigenvalue weighted by atomic mass is 9.89. The number of hydrogen-bond acceptors (Lipinski definition) is 3. The molecule has 0 aliphatic heterocycles. The van der Waals surface area contributed by atoms with Crippen LogP contribution in [0.3, 0.4) is 0 Å². The zero-order chi connectivity index (χ0) is 13.4. The molecule has 2 unspecified atom stereocenters. The van der Waals surface area contributed by atoms with Crippen molar-refractivity contribution in [2.24, 2.45) is 11.7 Å². The molecule has 1 aliphatic carbocycles. The monoisotopic (exact) mass is 256 g/mol. The second kappa shape index (κ2) is 8.48. The van der Waals surface area contributed by atoms with Crippen LogP contribution in [-0.4, -0.2) is 43.7 Å². The van der Waals surface area contributed by atoms with Gasteiger partial charge in [-0.3, -0.25) is 4.79 Å². The van der Waals surface area contributed by atoms with Crippen molar-refractivity contribution >= 4 is 5.91 Å². The lowest BCUT2D eigenvalue weighted by molar-refractivity contribution is -0.131. The number of carbonyl (C=O) groups is 1. The smallest absolute Gasteiger partial charge is 0.224 e. The van der Waals surface area contributed by atoms with Gasteiger partial charge in [-0.1, -0.05) is 19.8 Å². The Balaban J connectivity index is 2.11. The summed E-state index contributed by atoms with van der Waals surface area (Å²) in [7, 11) is 1.83. The molecule has 0 aromatic heterocycles. The summed E-state index contributed by atoms with van der Waals surface area (Å²) in [5.41, 5.74) is 5.42. The summed E-state index contributed by atoms with van der Waals surface area (Å²) in [5, 5.41) is 0. The molecule has 4 heteroatoms. The molecule has 1 fully saturated rings. The van der Waals surface area contributed by atoms with Crippen molar-refractivity contribution in [3.05, 3.63) is 0 Å². The van der Waals surface area contributed by atoms with E-state index in [1.165, 1.54) is 12.8 Å². The number of nitrogens with zero attached hydrogens (tertiary/aromatic N) is 1. The van der Waals surface area contributed by atoms with Crippen molar-refractivity contribution in [2.75, 3.05) is 26.7 Å². The van der Waals surface area contributed by atoms with E-state index >= 15 is 0 Å². The third kappa shape index (κ3) is 5.83. The van der Waals surface area contributed by atoms with Crippen molar-refractivity contribution in [3.8, 4) is 0 Å². The molecule has 0 spiro atoms. The fourth-order valence-corrected chi connectivity index (χ4v) is 2.49. The summed E-state index contributed by atoms with van der Waals surface area (Å²) < 4.78 is 5.81. The Bertz CT molecular complexity index is 246. The zero-order valence-electron chi connectivity index (χ0n) is 11.9. The summed E-state index contributed by atoms with van der Waals surface area (Å²) in [4.78, 5) is 13.5. The maximum atomic E-state index is 11.8. The van der Waals surface area contributed by atoms with E-state index in [1.54, 1.807) is 4.90 Å². The molecule has 4 nitrogen and oxygen atoms in total. The van der Waals surface area contributed by atoms with Gasteiger partial charge in [-0.05, 0) is 31.7 Å². The highest BCUT2D eigenvalue weighted by molar-refractivity contribution is 5.75. The molecule has 0 radical (unpaired) electrons. The van der Waals surface area contributed by atoms with E-state index in [0.717, 1.165) is 31.7 Å². The van der Waals surface area contributed by atoms with Gasteiger partial charge in [-0.15, -0.1) is 0 Å². The molecule has 0 aromatic carbocycles. The lowest BCUT2D eigenvalue weighted by Crippen LogP contribution is -2.30. The number of amides is 1. The fourth-order valence-electron chi connectivity index (χ4n) is 2.49. The maximum Gasteiger partial charge on any atom is 0.224 e. The number of hydrogen-bond donors (Lipinski definition) is 1. The molecule has 1 saturated carbocycles. The van der Waals surface area contributed by atoms with Gasteiger partial charge < -0.3 is 15.4 Å². The van der Waals surface area contributed by atoms with Crippen LogP contribution in [0.1, 0.15) is 45.4 Å². The average molecular weight is 256 g/mol. The van der Waals surface area contributed by atoms with Crippen LogP contribution in [0.2, 0.25) is 0 Å². The van der Waals surface area contributed by atoms with E-state index < -0.39 is 0 Å². The average Bonchev–Trinajstić information content (AvgIpc) is 2.35. The van der Waals surface area contributed by atoms with Crippen LogP contribution in [0.4, 0.5) is 0 Å². The molecule has 0 saturated heterocycles. The van der Waals surface area contributed by atoms with E-state index in [-0.39, 0.29) is 5.91 Å². The van der Waals surface area contributed by atoms with Crippen LogP contribution in [0.5, 0.6) is 0 Å². The van der Waals surface area contributed by atoms with Crippen molar-refractivity contribution in [1.29, 1.82) is 0 Å². The number of rotatable bonds is 7. The van der Waals surface area contributed by atoms with Gasteiger partial charge in [0.1, 0.15) is 0 Å². The van der Waals surface area contributed by atoms with Gasteiger partial charge in [0, 0.05) is 13.6 Å². The molecular weight excluding hydrogens is 228 g/mol. The Hall–Kier alpha value is -0.610. The van der Waals surface area contributed by atoms with E-state index in [0.29, 0.717) is 25.7 Å². The molecule has 1 rings (SSSR count). The largest absolute Gasteiger partial charge is 0.378 e. The second-order valence-electron chi connectivity index (χ2n) is 5.47. The first-order chi connectivity index (χ1) is 8.63. The highest BCUT2D eigenvalue weighted by atomic mass is 16.5. The SMILES string of the molecule is CC1CCCC(OCCC(=O)N(C)CCCN)C1. The van der Waals surface area contributed by atoms with Crippen LogP contribution in [0.25, 0.3) is 0 Å². The highest BCUT2D eigenvalue weighted by Gasteiger charge is 2.19.